The predicted molar refractivity (Wildman–Crippen MR) is 118 cm³/mol. The number of alkyl halides is 3. The Kier molecular flexibility index (Phi) is 7.10. The molecule has 0 saturated carbocycles. The summed E-state index contributed by atoms with van der Waals surface area (Å²) in [6.07, 6.45) is -1.46. The largest absolute Gasteiger partial charge is 0.419 e. The predicted octanol–water partition coefficient (Wildman–Crippen LogP) is 0.649. The van der Waals surface area contributed by atoms with Gasteiger partial charge in [0.05, 0.1) is 42.3 Å². The number of carbonyl (C=O) groups is 1. The van der Waals surface area contributed by atoms with Crippen LogP contribution in [-0.2, 0) is 22.3 Å². The Morgan fingerprint density at radius 1 is 1.03 bits per heavy atom. The van der Waals surface area contributed by atoms with Crippen LogP contribution in [0.25, 0.3) is 10.9 Å². The summed E-state index contributed by atoms with van der Waals surface area (Å²) < 4.78 is 44.9. The summed E-state index contributed by atoms with van der Waals surface area (Å²) in [6, 6.07) is 2.74. The van der Waals surface area contributed by atoms with Gasteiger partial charge in [0, 0.05) is 51.2 Å². The molecule has 0 aromatic carbocycles. The normalized spacial score (nSPS) is 14.5. The van der Waals surface area contributed by atoms with Crippen molar-refractivity contribution in [3.8, 4) is 0 Å². The number of aromatic nitrogens is 5. The molecule has 186 valence electrons. The van der Waals surface area contributed by atoms with E-state index in [0.29, 0.717) is 37.1 Å². The molecule has 1 aliphatic heterocycles. The van der Waals surface area contributed by atoms with E-state index in [1.165, 1.54) is 22.9 Å². The summed E-state index contributed by atoms with van der Waals surface area (Å²) in [5, 5.41) is 6.39. The van der Waals surface area contributed by atoms with Crippen molar-refractivity contribution in [2.75, 3.05) is 44.3 Å². The Hall–Kier alpha value is -3.81. The highest BCUT2D eigenvalue weighted by Gasteiger charge is 2.32. The lowest BCUT2D eigenvalue weighted by molar-refractivity contribution is -0.138. The summed E-state index contributed by atoms with van der Waals surface area (Å²) in [5.74, 6) is 0.0744. The number of fused-ring (bicyclic) bond motifs is 1. The molecule has 35 heavy (non-hydrogen) atoms. The van der Waals surface area contributed by atoms with Crippen molar-refractivity contribution in [1.29, 1.82) is 0 Å². The van der Waals surface area contributed by atoms with Gasteiger partial charge in [-0.2, -0.15) is 18.3 Å². The molecule has 0 atom stereocenters. The van der Waals surface area contributed by atoms with Crippen molar-refractivity contribution in [2.24, 2.45) is 0 Å². The third kappa shape index (κ3) is 5.65. The molecule has 3 aromatic rings. The molecule has 4 heterocycles. The quantitative estimate of drug-likeness (QED) is 0.476. The number of amides is 1. The highest BCUT2D eigenvalue weighted by atomic mass is 19.4. The number of halogens is 3. The molecule has 0 bridgehead atoms. The highest BCUT2D eigenvalue weighted by molar-refractivity contribution is 5.77. The van der Waals surface area contributed by atoms with Gasteiger partial charge in [0.15, 0.2) is 0 Å². The van der Waals surface area contributed by atoms with Gasteiger partial charge in [-0.25, -0.2) is 15.1 Å². The number of H-pyrrole nitrogens is 1. The van der Waals surface area contributed by atoms with Gasteiger partial charge < -0.3 is 19.1 Å². The minimum atomic E-state index is -4.49. The number of carbonyl (C=O) groups excluding carboxylic acids is 1. The van der Waals surface area contributed by atoms with E-state index in [-0.39, 0.29) is 43.6 Å². The number of anilines is 1. The molecule has 1 aliphatic rings. The maximum absolute atomic E-state index is 12.7. The van der Waals surface area contributed by atoms with Gasteiger partial charge in [-0.3, -0.25) is 14.4 Å². The average Bonchev–Trinajstić information content (AvgIpc) is 2.84. The van der Waals surface area contributed by atoms with E-state index in [1.54, 1.807) is 9.80 Å². The van der Waals surface area contributed by atoms with Crippen LogP contribution in [0.3, 0.4) is 0 Å². The maximum atomic E-state index is 12.7. The first-order chi connectivity index (χ1) is 16.7. The number of ether oxygens (including phenoxy) is 1. The lowest BCUT2D eigenvalue weighted by Crippen LogP contribution is -2.49. The fraction of sp³-hybridized carbons (Fsp3) is 0.429. The number of rotatable bonds is 7. The zero-order valence-corrected chi connectivity index (χ0v) is 18.5. The van der Waals surface area contributed by atoms with E-state index in [2.05, 4.69) is 20.2 Å². The lowest BCUT2D eigenvalue weighted by Gasteiger charge is -2.34. The zero-order chi connectivity index (χ0) is 25.0. The van der Waals surface area contributed by atoms with Crippen molar-refractivity contribution in [3.05, 3.63) is 57.0 Å². The SMILES string of the molecule is O=C(CCOCCn1c(=O)ccc2c(=O)[nH]ncc21)N1CCN(c2ncc(C(F)(F)F)cn2)CC1. The van der Waals surface area contributed by atoms with Gasteiger partial charge in [-0.15, -0.1) is 0 Å². The second-order valence-corrected chi connectivity index (χ2v) is 7.82. The van der Waals surface area contributed by atoms with E-state index < -0.39 is 17.3 Å². The Balaban J connectivity index is 1.21. The van der Waals surface area contributed by atoms with Gasteiger partial charge in [0.2, 0.25) is 11.9 Å². The third-order valence-corrected chi connectivity index (χ3v) is 5.62. The standard InChI is InChI=1S/C21H22F3N7O4/c22-21(23,24)14-11-25-20(26-12-14)30-6-4-29(5-7-30)17(32)3-9-35-10-8-31-16-13-27-28-19(34)15(16)1-2-18(31)33/h1-2,11-13H,3-10H2,(H,28,34). The van der Waals surface area contributed by atoms with Gasteiger partial charge in [0.1, 0.15) is 0 Å². The van der Waals surface area contributed by atoms with E-state index >= 15 is 0 Å². The molecule has 3 aromatic heterocycles. The molecule has 0 spiro atoms. The van der Waals surface area contributed by atoms with Crippen molar-refractivity contribution in [3.63, 3.8) is 0 Å². The number of nitrogens with zero attached hydrogens (tertiary/aromatic N) is 6. The summed E-state index contributed by atoms with van der Waals surface area (Å²) in [7, 11) is 0. The molecule has 11 nitrogen and oxygen atoms in total. The maximum Gasteiger partial charge on any atom is 0.419 e. The highest BCUT2D eigenvalue weighted by Crippen LogP contribution is 2.28. The summed E-state index contributed by atoms with van der Waals surface area (Å²) in [5.41, 5.74) is -1.20. The van der Waals surface area contributed by atoms with Crippen molar-refractivity contribution >= 4 is 22.8 Å². The van der Waals surface area contributed by atoms with Crippen LogP contribution in [0, 0.1) is 0 Å². The Labute approximate surface area is 196 Å². The van der Waals surface area contributed by atoms with Gasteiger partial charge in [0.25, 0.3) is 11.1 Å². The van der Waals surface area contributed by atoms with E-state index in [9.17, 15) is 27.6 Å². The number of pyridine rings is 1. The molecule has 4 rings (SSSR count). The van der Waals surface area contributed by atoms with Crippen LogP contribution in [0.1, 0.15) is 12.0 Å². The molecule has 0 aliphatic carbocycles. The lowest BCUT2D eigenvalue weighted by atomic mass is 10.3. The van der Waals surface area contributed by atoms with E-state index in [0.717, 1.165) is 12.4 Å². The topological polar surface area (TPSA) is 126 Å². The van der Waals surface area contributed by atoms with Crippen molar-refractivity contribution < 1.29 is 22.7 Å². The molecule has 0 unspecified atom stereocenters. The first-order valence-electron chi connectivity index (χ1n) is 10.8. The Bertz CT molecular complexity index is 1300. The number of aromatic amines is 1. The summed E-state index contributed by atoms with van der Waals surface area (Å²) in [6.45, 7) is 2.08. The van der Waals surface area contributed by atoms with Crippen LogP contribution >= 0.6 is 0 Å². The van der Waals surface area contributed by atoms with Crippen LogP contribution in [0.15, 0.2) is 40.3 Å². The number of hydrogen-bond acceptors (Lipinski definition) is 8. The van der Waals surface area contributed by atoms with Gasteiger partial charge >= 0.3 is 6.18 Å². The molecule has 1 N–H and O–H groups in total. The van der Waals surface area contributed by atoms with E-state index in [1.807, 2.05) is 0 Å². The molecular formula is C21H22F3N7O4. The monoisotopic (exact) mass is 493 g/mol. The minimum Gasteiger partial charge on any atom is -0.379 e. The van der Waals surface area contributed by atoms with Gasteiger partial charge in [-0.1, -0.05) is 0 Å². The molecule has 1 amide bonds. The first kappa shape index (κ1) is 24.3. The van der Waals surface area contributed by atoms with Gasteiger partial charge in [-0.05, 0) is 6.07 Å². The molecular weight excluding hydrogens is 471 g/mol. The van der Waals surface area contributed by atoms with Crippen LogP contribution in [0.2, 0.25) is 0 Å². The molecule has 14 heteroatoms. The molecule has 1 saturated heterocycles. The number of piperazine rings is 1. The molecule has 1 fully saturated rings. The number of hydrogen-bond donors (Lipinski definition) is 1. The fourth-order valence-electron chi connectivity index (χ4n) is 3.73. The number of nitrogens with one attached hydrogen (secondary N) is 1. The summed E-state index contributed by atoms with van der Waals surface area (Å²) >= 11 is 0. The second kappa shape index (κ2) is 10.2. The van der Waals surface area contributed by atoms with E-state index in [4.69, 9.17) is 4.74 Å². The van der Waals surface area contributed by atoms with Crippen molar-refractivity contribution in [1.82, 2.24) is 29.6 Å². The van der Waals surface area contributed by atoms with Crippen LogP contribution in [-0.4, -0.2) is 74.9 Å². The second-order valence-electron chi connectivity index (χ2n) is 7.82. The van der Waals surface area contributed by atoms with Crippen LogP contribution in [0.5, 0.6) is 0 Å². The Morgan fingerprint density at radius 3 is 2.43 bits per heavy atom. The van der Waals surface area contributed by atoms with Crippen LogP contribution < -0.4 is 16.0 Å². The van der Waals surface area contributed by atoms with Crippen LogP contribution in [0.4, 0.5) is 19.1 Å². The Morgan fingerprint density at radius 2 is 1.74 bits per heavy atom. The minimum absolute atomic E-state index is 0.115. The first-order valence-corrected chi connectivity index (χ1v) is 10.8. The fourth-order valence-corrected chi connectivity index (χ4v) is 3.73. The zero-order valence-electron chi connectivity index (χ0n) is 18.5. The molecule has 0 radical (unpaired) electrons. The smallest absolute Gasteiger partial charge is 0.379 e. The van der Waals surface area contributed by atoms with Crippen molar-refractivity contribution in [2.45, 2.75) is 19.1 Å². The average molecular weight is 493 g/mol. The summed E-state index contributed by atoms with van der Waals surface area (Å²) in [4.78, 5) is 47.4. The third-order valence-electron chi connectivity index (χ3n) is 5.62.